The van der Waals surface area contributed by atoms with Crippen LogP contribution in [0.15, 0.2) is 67.4 Å². The van der Waals surface area contributed by atoms with Gasteiger partial charge < -0.3 is 15.4 Å². The molecule has 0 bridgehead atoms. The summed E-state index contributed by atoms with van der Waals surface area (Å²) in [4.78, 5) is 30.4. The number of fused-ring (bicyclic) bond motifs is 1. The number of alkyl halides is 2. The van der Waals surface area contributed by atoms with Gasteiger partial charge in [0.1, 0.15) is 12.3 Å². The number of pyridine rings is 1. The highest BCUT2D eigenvalue weighted by atomic mass is 19.3. The number of carbonyl (C=O) groups excluding carboxylic acids is 2. The predicted octanol–water partition coefficient (Wildman–Crippen LogP) is 4.41. The molecule has 162 valence electrons. The molecule has 2 heterocycles. The fraction of sp³-hybridized carbons (Fsp3) is 0.227. The first kappa shape index (κ1) is 21.9. The van der Waals surface area contributed by atoms with Crippen molar-refractivity contribution in [2.45, 2.75) is 25.5 Å². The van der Waals surface area contributed by atoms with Crippen LogP contribution in [0.1, 0.15) is 24.9 Å². The lowest BCUT2D eigenvalue weighted by Gasteiger charge is -2.30. The molecule has 2 aromatic rings. The SMILES string of the molecule is C=CC(F)(F)Oc1ccc(C(CC(=C)C)NC(=O)N2CC(=O)Nc3cccnc32)cc1. The van der Waals surface area contributed by atoms with Gasteiger partial charge in [-0.05, 0) is 43.2 Å². The highest BCUT2D eigenvalue weighted by Crippen LogP contribution is 2.29. The van der Waals surface area contributed by atoms with E-state index in [-0.39, 0.29) is 18.2 Å². The Morgan fingerprint density at radius 1 is 1.39 bits per heavy atom. The molecular weight excluding hydrogens is 406 g/mol. The van der Waals surface area contributed by atoms with Gasteiger partial charge in [0.15, 0.2) is 5.82 Å². The van der Waals surface area contributed by atoms with Gasteiger partial charge in [0.25, 0.3) is 0 Å². The second-order valence-corrected chi connectivity index (χ2v) is 7.11. The number of carbonyl (C=O) groups is 2. The van der Waals surface area contributed by atoms with E-state index in [1.54, 1.807) is 24.3 Å². The van der Waals surface area contributed by atoms with Gasteiger partial charge >= 0.3 is 12.1 Å². The number of nitrogens with one attached hydrogen (secondary N) is 2. The molecule has 1 aromatic heterocycles. The van der Waals surface area contributed by atoms with Gasteiger partial charge in [-0.25, -0.2) is 9.78 Å². The number of rotatable bonds is 7. The maximum atomic E-state index is 13.3. The predicted molar refractivity (Wildman–Crippen MR) is 113 cm³/mol. The highest BCUT2D eigenvalue weighted by molar-refractivity contribution is 6.08. The number of urea groups is 1. The topological polar surface area (TPSA) is 83.6 Å². The molecule has 0 saturated carbocycles. The summed E-state index contributed by atoms with van der Waals surface area (Å²) in [6, 6.07) is 8.22. The van der Waals surface area contributed by atoms with Gasteiger partial charge in [-0.15, -0.1) is 6.58 Å². The molecule has 1 aliphatic heterocycles. The summed E-state index contributed by atoms with van der Waals surface area (Å²) in [5.74, 6) is -0.0410. The van der Waals surface area contributed by atoms with E-state index in [0.29, 0.717) is 29.6 Å². The normalized spacial score (nSPS) is 14.2. The third kappa shape index (κ3) is 5.44. The molecule has 2 N–H and O–H groups in total. The molecule has 0 fully saturated rings. The molecule has 1 atom stereocenters. The Labute approximate surface area is 178 Å². The van der Waals surface area contributed by atoms with Crippen LogP contribution in [0.4, 0.5) is 25.1 Å². The van der Waals surface area contributed by atoms with Gasteiger partial charge in [0.05, 0.1) is 11.7 Å². The van der Waals surface area contributed by atoms with Gasteiger partial charge in [-0.3, -0.25) is 9.69 Å². The first-order valence-corrected chi connectivity index (χ1v) is 9.46. The zero-order chi connectivity index (χ0) is 22.6. The largest absolute Gasteiger partial charge is 0.429 e. The van der Waals surface area contributed by atoms with Crippen molar-refractivity contribution in [2.75, 3.05) is 16.8 Å². The molecule has 9 heteroatoms. The summed E-state index contributed by atoms with van der Waals surface area (Å²) in [6.07, 6.45) is -1.14. The number of nitrogens with zero attached hydrogens (tertiary/aromatic N) is 2. The lowest BCUT2D eigenvalue weighted by molar-refractivity contribution is -0.131. The van der Waals surface area contributed by atoms with E-state index < -0.39 is 18.2 Å². The number of ether oxygens (including phenoxy) is 1. The summed E-state index contributed by atoms with van der Waals surface area (Å²) in [6.45, 7) is 8.55. The molecule has 1 aliphatic rings. The maximum Gasteiger partial charge on any atom is 0.419 e. The lowest BCUT2D eigenvalue weighted by atomic mass is 10.0. The summed E-state index contributed by atoms with van der Waals surface area (Å²) in [5.41, 5.74) is 1.90. The van der Waals surface area contributed by atoms with Crippen LogP contribution in [0.2, 0.25) is 0 Å². The molecule has 1 aromatic carbocycles. The van der Waals surface area contributed by atoms with Crippen molar-refractivity contribution < 1.29 is 23.1 Å². The van der Waals surface area contributed by atoms with Gasteiger partial charge in [-0.1, -0.05) is 24.3 Å². The quantitative estimate of drug-likeness (QED) is 0.640. The highest BCUT2D eigenvalue weighted by Gasteiger charge is 2.30. The van der Waals surface area contributed by atoms with Crippen molar-refractivity contribution in [1.82, 2.24) is 10.3 Å². The van der Waals surface area contributed by atoms with Gasteiger partial charge in [0.2, 0.25) is 5.91 Å². The third-order valence-corrected chi connectivity index (χ3v) is 4.49. The molecule has 3 rings (SSSR count). The van der Waals surface area contributed by atoms with Crippen molar-refractivity contribution in [3.63, 3.8) is 0 Å². The summed E-state index contributed by atoms with van der Waals surface area (Å²) >= 11 is 0. The molecule has 0 saturated heterocycles. The second-order valence-electron chi connectivity index (χ2n) is 7.11. The number of hydrogen-bond acceptors (Lipinski definition) is 4. The van der Waals surface area contributed by atoms with E-state index >= 15 is 0 Å². The average Bonchev–Trinajstić information content (AvgIpc) is 2.72. The number of amides is 3. The number of halogens is 2. The minimum atomic E-state index is -3.48. The first-order chi connectivity index (χ1) is 14.7. The van der Waals surface area contributed by atoms with Crippen LogP contribution in [0, 0.1) is 0 Å². The molecule has 0 spiro atoms. The number of anilines is 2. The molecule has 1 unspecified atom stereocenters. The molecule has 0 aliphatic carbocycles. The van der Waals surface area contributed by atoms with Crippen LogP contribution in [0.3, 0.4) is 0 Å². The van der Waals surface area contributed by atoms with Crippen molar-refractivity contribution in [3.05, 3.63) is 73.0 Å². The number of hydrogen-bond donors (Lipinski definition) is 2. The third-order valence-electron chi connectivity index (χ3n) is 4.49. The van der Waals surface area contributed by atoms with E-state index in [1.165, 1.54) is 23.2 Å². The smallest absolute Gasteiger partial charge is 0.419 e. The van der Waals surface area contributed by atoms with Crippen molar-refractivity contribution >= 4 is 23.4 Å². The van der Waals surface area contributed by atoms with Crippen molar-refractivity contribution in [2.24, 2.45) is 0 Å². The van der Waals surface area contributed by atoms with Gasteiger partial charge in [-0.2, -0.15) is 8.78 Å². The van der Waals surface area contributed by atoms with Crippen LogP contribution in [0.5, 0.6) is 5.75 Å². The van der Waals surface area contributed by atoms with Gasteiger partial charge in [0, 0.05) is 12.3 Å². The summed E-state index contributed by atoms with van der Waals surface area (Å²) < 4.78 is 31.3. The summed E-state index contributed by atoms with van der Waals surface area (Å²) in [7, 11) is 0. The lowest BCUT2D eigenvalue weighted by Crippen LogP contribution is -2.48. The Kier molecular flexibility index (Phi) is 6.33. The standard InChI is InChI=1S/C22H22F2N4O3/c1-4-22(23,24)31-16-9-7-15(8-10-16)18(12-14(2)3)27-21(30)28-13-19(29)26-17-6-5-11-25-20(17)28/h4-11,18H,1-2,12-13H2,3H3,(H,26,29)(H,27,30). The number of benzene rings is 1. The van der Waals surface area contributed by atoms with E-state index in [1.807, 2.05) is 6.92 Å². The maximum absolute atomic E-state index is 13.3. The van der Waals surface area contributed by atoms with Crippen LogP contribution < -0.4 is 20.3 Å². The molecule has 31 heavy (non-hydrogen) atoms. The van der Waals surface area contributed by atoms with Crippen LogP contribution in [-0.2, 0) is 4.79 Å². The summed E-state index contributed by atoms with van der Waals surface area (Å²) in [5, 5.41) is 5.55. The Balaban J connectivity index is 1.80. The monoisotopic (exact) mass is 428 g/mol. The zero-order valence-electron chi connectivity index (χ0n) is 16.9. The zero-order valence-corrected chi connectivity index (χ0v) is 16.9. The molecule has 3 amide bonds. The molecule has 7 nitrogen and oxygen atoms in total. The van der Waals surface area contributed by atoms with E-state index in [4.69, 9.17) is 0 Å². The van der Waals surface area contributed by atoms with Crippen molar-refractivity contribution in [3.8, 4) is 5.75 Å². The first-order valence-electron chi connectivity index (χ1n) is 9.46. The Bertz CT molecular complexity index is 1010. The number of aromatic nitrogens is 1. The van der Waals surface area contributed by atoms with E-state index in [2.05, 4.69) is 33.5 Å². The van der Waals surface area contributed by atoms with E-state index in [9.17, 15) is 18.4 Å². The van der Waals surface area contributed by atoms with Crippen molar-refractivity contribution in [1.29, 1.82) is 0 Å². The Hall–Kier alpha value is -3.75. The Morgan fingerprint density at radius 2 is 2.10 bits per heavy atom. The van der Waals surface area contributed by atoms with E-state index in [0.717, 1.165) is 5.57 Å². The minimum Gasteiger partial charge on any atom is -0.429 e. The minimum absolute atomic E-state index is 0.0418. The van der Waals surface area contributed by atoms with Crippen LogP contribution in [0.25, 0.3) is 0 Å². The average molecular weight is 428 g/mol. The Morgan fingerprint density at radius 3 is 2.74 bits per heavy atom. The van der Waals surface area contributed by atoms with Crippen LogP contribution in [-0.4, -0.2) is 29.6 Å². The fourth-order valence-electron chi connectivity index (χ4n) is 3.08. The van der Waals surface area contributed by atoms with Crippen LogP contribution >= 0.6 is 0 Å². The second kappa shape index (κ2) is 8.95. The fourth-order valence-corrected chi connectivity index (χ4v) is 3.08. The molecular formula is C22H22F2N4O3. The molecule has 0 radical (unpaired) electrons.